The number of hydrogen-bond donors (Lipinski definition) is 5. The van der Waals surface area contributed by atoms with E-state index in [2.05, 4.69) is 0 Å². The molecule has 3 aliphatic rings. The molecule has 0 radical (unpaired) electrons. The minimum absolute atomic E-state index is 0.00748. The number of methoxy groups -OCH3 is 1. The number of ketones is 2. The van der Waals surface area contributed by atoms with Gasteiger partial charge in [-0.2, -0.15) is 0 Å². The van der Waals surface area contributed by atoms with Crippen LogP contribution in [0.4, 0.5) is 0 Å². The van der Waals surface area contributed by atoms with Crippen LogP contribution in [0.2, 0.25) is 0 Å². The van der Waals surface area contributed by atoms with Crippen molar-refractivity contribution in [1.82, 2.24) is 0 Å². The van der Waals surface area contributed by atoms with Crippen LogP contribution in [0.15, 0.2) is 59.1 Å². The fourth-order valence-electron chi connectivity index (χ4n) is 5.99. The van der Waals surface area contributed by atoms with Gasteiger partial charge in [0, 0.05) is 12.0 Å². The first-order chi connectivity index (χ1) is 18.1. The number of rotatable bonds is 5. The highest BCUT2D eigenvalue weighted by atomic mass is 16.5. The highest BCUT2D eigenvalue weighted by Crippen LogP contribution is 2.49. The number of aliphatic hydroxyl groups excluding tert-OH is 2. The summed E-state index contributed by atoms with van der Waals surface area (Å²) in [5, 5.41) is 41.8. The van der Waals surface area contributed by atoms with Crippen LogP contribution in [0.25, 0.3) is 6.08 Å². The third kappa shape index (κ3) is 4.00. The van der Waals surface area contributed by atoms with Gasteiger partial charge in [0.15, 0.2) is 23.1 Å². The Hall–Kier alpha value is -4.53. The average Bonchev–Trinajstić information content (AvgIpc) is 2.85. The number of carbonyl (C=O) groups excluding carboxylic acids is 3. The van der Waals surface area contributed by atoms with Crippen LogP contribution < -0.4 is 10.5 Å². The normalized spacial score (nSPS) is 22.8. The van der Waals surface area contributed by atoms with E-state index in [9.17, 15) is 34.8 Å². The number of fused-ring (bicyclic) bond motifs is 3. The minimum Gasteiger partial charge on any atom is -0.511 e. The number of allylic oxidation sites excluding steroid dienone is 4. The van der Waals surface area contributed by atoms with Crippen LogP contribution in [-0.4, -0.2) is 45.0 Å². The molecule has 0 spiro atoms. The van der Waals surface area contributed by atoms with Crippen molar-refractivity contribution in [2.45, 2.75) is 25.7 Å². The maximum atomic E-state index is 13.6. The SMILES string of the molecule is COc1cc(C/C=C\c2ccc(O)c3c2C[C@H]2C[C@H]4CC(O)=C(C(N)=O)C(=O)C4C(O)=C2C3=O)ccc1O. The summed E-state index contributed by atoms with van der Waals surface area (Å²) in [6.45, 7) is 0. The Morgan fingerprint density at radius 3 is 2.53 bits per heavy atom. The lowest BCUT2D eigenvalue weighted by Gasteiger charge is -2.41. The number of nitrogens with two attached hydrogens (primary N) is 1. The summed E-state index contributed by atoms with van der Waals surface area (Å²) in [5.41, 5.74) is 7.14. The third-order valence-corrected chi connectivity index (χ3v) is 7.70. The second kappa shape index (κ2) is 9.41. The molecule has 196 valence electrons. The number of benzene rings is 2. The molecule has 0 bridgehead atoms. The maximum Gasteiger partial charge on any atom is 0.255 e. The smallest absolute Gasteiger partial charge is 0.255 e. The lowest BCUT2D eigenvalue weighted by Crippen LogP contribution is -2.43. The number of Topliss-reactive ketones (excluding diaryl/α,β-unsaturated/α-hetero) is 2. The summed E-state index contributed by atoms with van der Waals surface area (Å²) in [5.74, 6) is -5.12. The van der Waals surface area contributed by atoms with E-state index in [0.29, 0.717) is 30.6 Å². The number of phenols is 2. The summed E-state index contributed by atoms with van der Waals surface area (Å²) in [7, 11) is 1.47. The molecule has 0 fully saturated rings. The van der Waals surface area contributed by atoms with Gasteiger partial charge in [-0.25, -0.2) is 0 Å². The van der Waals surface area contributed by atoms with Gasteiger partial charge in [-0.15, -0.1) is 0 Å². The Kier molecular flexibility index (Phi) is 6.22. The first-order valence-electron chi connectivity index (χ1n) is 12.2. The van der Waals surface area contributed by atoms with E-state index in [-0.39, 0.29) is 29.1 Å². The molecule has 1 unspecified atom stereocenters. The van der Waals surface area contributed by atoms with Gasteiger partial charge >= 0.3 is 0 Å². The topological polar surface area (TPSA) is 167 Å². The first-order valence-corrected chi connectivity index (χ1v) is 12.2. The zero-order chi connectivity index (χ0) is 27.3. The molecular formula is C29H27NO8. The molecule has 6 N–H and O–H groups in total. The Balaban J connectivity index is 1.49. The number of ether oxygens (including phenoxy) is 1. The fourth-order valence-corrected chi connectivity index (χ4v) is 5.99. The highest BCUT2D eigenvalue weighted by Gasteiger charge is 2.50. The molecule has 0 saturated heterocycles. The molecule has 3 atom stereocenters. The van der Waals surface area contributed by atoms with Gasteiger partial charge in [0.1, 0.15) is 22.8 Å². The van der Waals surface area contributed by atoms with E-state index in [1.165, 1.54) is 13.2 Å². The van der Waals surface area contributed by atoms with Crippen LogP contribution in [0, 0.1) is 17.8 Å². The molecule has 2 aromatic rings. The zero-order valence-electron chi connectivity index (χ0n) is 20.6. The van der Waals surface area contributed by atoms with E-state index >= 15 is 0 Å². The van der Waals surface area contributed by atoms with Crippen LogP contribution in [0.5, 0.6) is 17.2 Å². The quantitative estimate of drug-likeness (QED) is 0.376. The number of phenolic OH excluding ortho intramolecular Hbond substituents is 2. The van der Waals surface area contributed by atoms with Crippen molar-refractivity contribution in [2.75, 3.05) is 7.11 Å². The molecule has 0 heterocycles. The number of hydrogen-bond acceptors (Lipinski definition) is 8. The predicted molar refractivity (Wildman–Crippen MR) is 137 cm³/mol. The van der Waals surface area contributed by atoms with Crippen LogP contribution in [0.1, 0.15) is 39.9 Å². The van der Waals surface area contributed by atoms with Crippen molar-refractivity contribution in [3.05, 3.63) is 81.3 Å². The minimum atomic E-state index is -1.14. The summed E-state index contributed by atoms with van der Waals surface area (Å²) < 4.78 is 5.15. The summed E-state index contributed by atoms with van der Waals surface area (Å²) in [4.78, 5) is 38.3. The Morgan fingerprint density at radius 1 is 1.08 bits per heavy atom. The van der Waals surface area contributed by atoms with Crippen LogP contribution >= 0.6 is 0 Å². The van der Waals surface area contributed by atoms with Gasteiger partial charge in [-0.05, 0) is 66.0 Å². The molecule has 0 aliphatic heterocycles. The van der Waals surface area contributed by atoms with Gasteiger partial charge in [0.2, 0.25) is 0 Å². The molecule has 38 heavy (non-hydrogen) atoms. The van der Waals surface area contributed by atoms with Gasteiger partial charge in [0.05, 0.1) is 18.6 Å². The lowest BCUT2D eigenvalue weighted by atomic mass is 9.62. The van der Waals surface area contributed by atoms with E-state index in [4.69, 9.17) is 10.5 Å². The summed E-state index contributed by atoms with van der Waals surface area (Å²) in [6.07, 6.45) is 4.94. The second-order valence-electron chi connectivity index (χ2n) is 9.90. The van der Waals surface area contributed by atoms with E-state index in [0.717, 1.165) is 11.1 Å². The zero-order valence-corrected chi connectivity index (χ0v) is 20.6. The Morgan fingerprint density at radius 2 is 1.82 bits per heavy atom. The monoisotopic (exact) mass is 517 g/mol. The molecule has 9 nitrogen and oxygen atoms in total. The molecule has 0 saturated carbocycles. The van der Waals surface area contributed by atoms with Crippen molar-refractivity contribution < 1.29 is 39.5 Å². The Labute approximate surface area is 218 Å². The van der Waals surface area contributed by atoms with Gasteiger partial charge in [0.25, 0.3) is 5.91 Å². The maximum absolute atomic E-state index is 13.6. The Bertz CT molecular complexity index is 1480. The largest absolute Gasteiger partial charge is 0.511 e. The van der Waals surface area contributed by atoms with Gasteiger partial charge in [-0.3, -0.25) is 14.4 Å². The molecule has 1 amide bonds. The lowest BCUT2D eigenvalue weighted by molar-refractivity contribution is -0.126. The van der Waals surface area contributed by atoms with Crippen LogP contribution in [0.3, 0.4) is 0 Å². The standard InChI is InChI=1S/C29H27NO8/c1-38-21-9-13(5-7-18(21)31)3-2-4-14-6-8-19(32)24-17(14)11-15-10-16-12-20(33)25(29(30)37)28(36)23(16)26(34)22(15)27(24)35/h2,4-9,15-16,23,31-34H,3,10-12H2,1H3,(H2,30,37)/b4-2-/t15-,16+,23?/m1/s1. The van der Waals surface area contributed by atoms with E-state index < -0.39 is 52.3 Å². The molecule has 2 aromatic carbocycles. The molecule has 0 aromatic heterocycles. The number of aliphatic hydroxyl groups is 2. The summed E-state index contributed by atoms with van der Waals surface area (Å²) in [6, 6.07) is 8.19. The number of carbonyl (C=O) groups is 3. The van der Waals surface area contributed by atoms with Gasteiger partial charge < -0.3 is 30.9 Å². The highest BCUT2D eigenvalue weighted by molar-refractivity contribution is 6.22. The predicted octanol–water partition coefficient (Wildman–Crippen LogP) is 3.44. The van der Waals surface area contributed by atoms with Crippen molar-refractivity contribution in [3.8, 4) is 17.2 Å². The van der Waals surface area contributed by atoms with Crippen molar-refractivity contribution in [2.24, 2.45) is 23.5 Å². The summed E-state index contributed by atoms with van der Waals surface area (Å²) >= 11 is 0. The van der Waals surface area contributed by atoms with Crippen molar-refractivity contribution in [1.29, 1.82) is 0 Å². The van der Waals surface area contributed by atoms with Crippen LogP contribution in [-0.2, 0) is 22.4 Å². The third-order valence-electron chi connectivity index (χ3n) is 7.70. The second-order valence-corrected chi connectivity index (χ2v) is 9.90. The molecular weight excluding hydrogens is 490 g/mol. The van der Waals surface area contributed by atoms with E-state index in [1.54, 1.807) is 24.3 Å². The molecule has 3 aliphatic carbocycles. The number of primary amides is 1. The number of aromatic hydroxyl groups is 2. The average molecular weight is 518 g/mol. The van der Waals surface area contributed by atoms with Gasteiger partial charge in [-0.1, -0.05) is 24.3 Å². The fraction of sp³-hybridized carbons (Fsp3) is 0.276. The first kappa shape index (κ1) is 25.1. The number of amides is 1. The van der Waals surface area contributed by atoms with Crippen molar-refractivity contribution >= 4 is 23.5 Å². The van der Waals surface area contributed by atoms with E-state index in [1.807, 2.05) is 12.2 Å². The molecule has 5 rings (SSSR count). The molecule has 9 heteroatoms. The van der Waals surface area contributed by atoms with Crippen molar-refractivity contribution in [3.63, 3.8) is 0 Å².